The Kier molecular flexibility index (Phi) is 113. The molecule has 0 aliphatic heterocycles. The average molecular weight is 138 g/mol. The molecular weight excluding hydrogens is 127 g/mol. The summed E-state index contributed by atoms with van der Waals surface area (Å²) in [5.74, 6) is -0.833. The predicted molar refractivity (Wildman–Crippen MR) is 40.3 cm³/mol. The van der Waals surface area contributed by atoms with Gasteiger partial charge in [-0.15, -0.1) is 0 Å². The maximum atomic E-state index is 9.00. The van der Waals surface area contributed by atoms with Gasteiger partial charge >= 0.3 is 29.6 Å². The van der Waals surface area contributed by atoms with Gasteiger partial charge in [-0.3, -0.25) is 4.79 Å². The van der Waals surface area contributed by atoms with E-state index in [-0.39, 0.29) is 29.6 Å². The second-order valence-corrected chi connectivity index (χ2v) is 0.519. The molecule has 0 aromatic heterocycles. The van der Waals surface area contributed by atoms with Crippen molar-refractivity contribution in [1.82, 2.24) is 0 Å². The Morgan fingerprint density at radius 2 is 1.33 bits per heavy atom. The van der Waals surface area contributed by atoms with Crippen LogP contribution in [0.1, 0.15) is 6.92 Å². The summed E-state index contributed by atoms with van der Waals surface area (Å²) in [6.45, 7) is 15.1. The fourth-order valence-corrected chi connectivity index (χ4v) is 0. The van der Waals surface area contributed by atoms with E-state index in [1.54, 1.807) is 0 Å². The molecule has 2 radical (unpaired) electrons. The van der Waals surface area contributed by atoms with Gasteiger partial charge in [0, 0.05) is 6.92 Å². The maximum absolute atomic E-state index is 9.00. The molecule has 0 aromatic carbocycles. The van der Waals surface area contributed by atoms with Gasteiger partial charge in [0.2, 0.25) is 0 Å². The standard InChI is InChI=1S/C2H4O2.2C2H3.Na.H/c1-2(3)4;2*1-2;;/h1H3,(H,3,4);2*1H,2H2;;. The zero-order valence-electron chi connectivity index (χ0n) is 4.92. The third-order valence-corrected chi connectivity index (χ3v) is 0. The Balaban J connectivity index is -0.0000000221. The van der Waals surface area contributed by atoms with E-state index in [9.17, 15) is 0 Å². The van der Waals surface area contributed by atoms with E-state index >= 15 is 0 Å². The van der Waals surface area contributed by atoms with Gasteiger partial charge in [0.05, 0.1) is 0 Å². The Morgan fingerprint density at radius 1 is 1.33 bits per heavy atom. The molecular formula is C6H11NaO2. The molecule has 1 N–H and O–H groups in total. The van der Waals surface area contributed by atoms with Crippen molar-refractivity contribution in [2.45, 2.75) is 6.92 Å². The summed E-state index contributed by atoms with van der Waals surface area (Å²) < 4.78 is 0. The molecule has 0 saturated carbocycles. The molecule has 0 aromatic rings. The van der Waals surface area contributed by atoms with Crippen LogP contribution >= 0.6 is 0 Å². The number of aliphatic carboxylic acids is 1. The monoisotopic (exact) mass is 138 g/mol. The first-order valence-corrected chi connectivity index (χ1v) is 1.74. The van der Waals surface area contributed by atoms with Crippen LogP contribution in [0.15, 0.2) is 13.2 Å². The topological polar surface area (TPSA) is 37.3 Å². The van der Waals surface area contributed by atoms with Gasteiger partial charge in [-0.1, -0.05) is 26.3 Å². The second kappa shape index (κ2) is 44.1. The predicted octanol–water partition coefficient (Wildman–Crippen LogP) is 0.653. The third kappa shape index (κ3) is 113000. The van der Waals surface area contributed by atoms with Gasteiger partial charge in [-0.25, -0.2) is 0 Å². The van der Waals surface area contributed by atoms with Gasteiger partial charge in [0.15, 0.2) is 0 Å². The molecule has 0 bridgehead atoms. The fraction of sp³-hybridized carbons (Fsp3) is 0.167. The van der Waals surface area contributed by atoms with Crippen LogP contribution in [0.4, 0.5) is 0 Å². The summed E-state index contributed by atoms with van der Waals surface area (Å²) in [4.78, 5) is 9.00. The molecule has 0 heterocycles. The Hall–Kier alpha value is -0.0500. The number of carboxylic acid groups (broad SMARTS) is 1. The molecule has 9 heavy (non-hydrogen) atoms. The quantitative estimate of drug-likeness (QED) is 0.499. The summed E-state index contributed by atoms with van der Waals surface area (Å²) in [5.41, 5.74) is 0. The van der Waals surface area contributed by atoms with E-state index in [1.807, 2.05) is 0 Å². The van der Waals surface area contributed by atoms with E-state index < -0.39 is 5.97 Å². The van der Waals surface area contributed by atoms with Crippen LogP contribution in [0.5, 0.6) is 0 Å². The number of rotatable bonds is 0. The number of hydrogen-bond acceptors (Lipinski definition) is 1. The van der Waals surface area contributed by atoms with Crippen LogP contribution in [0, 0.1) is 13.2 Å². The van der Waals surface area contributed by atoms with Crippen LogP contribution in [0.2, 0.25) is 0 Å². The van der Waals surface area contributed by atoms with Gasteiger partial charge in [0.25, 0.3) is 5.97 Å². The van der Waals surface area contributed by atoms with Crippen molar-refractivity contribution < 1.29 is 9.90 Å². The Bertz CT molecular complexity index is 49.0. The van der Waals surface area contributed by atoms with Crippen molar-refractivity contribution in [3.8, 4) is 0 Å². The molecule has 0 atom stereocenters. The second-order valence-electron chi connectivity index (χ2n) is 0.519. The normalized spacial score (nSPS) is 3.67. The molecule has 2 nitrogen and oxygen atoms in total. The molecule has 0 fully saturated rings. The summed E-state index contributed by atoms with van der Waals surface area (Å²) in [7, 11) is 0. The first-order valence-electron chi connectivity index (χ1n) is 1.74. The summed E-state index contributed by atoms with van der Waals surface area (Å²) in [6, 6.07) is 0. The molecule has 0 unspecified atom stereocenters. The zero-order valence-corrected chi connectivity index (χ0v) is 4.92. The van der Waals surface area contributed by atoms with E-state index in [1.165, 1.54) is 0 Å². The van der Waals surface area contributed by atoms with E-state index in [4.69, 9.17) is 9.90 Å². The number of carboxylic acids is 1. The van der Waals surface area contributed by atoms with Gasteiger partial charge in [-0.2, -0.15) is 0 Å². The van der Waals surface area contributed by atoms with Crippen molar-refractivity contribution in [2.24, 2.45) is 0 Å². The first kappa shape index (κ1) is 23.1. The van der Waals surface area contributed by atoms with Crippen LogP contribution in [-0.4, -0.2) is 40.6 Å². The number of carbonyl (C=O) groups is 1. The molecule has 0 aliphatic rings. The van der Waals surface area contributed by atoms with Crippen molar-refractivity contribution in [2.75, 3.05) is 0 Å². The number of hydrogen-bond donors (Lipinski definition) is 1. The van der Waals surface area contributed by atoms with Crippen molar-refractivity contribution in [1.29, 1.82) is 0 Å². The fourth-order valence-electron chi connectivity index (χ4n) is 0. The van der Waals surface area contributed by atoms with Gasteiger partial charge < -0.3 is 5.11 Å². The minimum absolute atomic E-state index is 0. The first-order chi connectivity index (χ1) is 3.73. The molecule has 0 saturated heterocycles. The molecule has 0 aliphatic carbocycles. The molecule has 0 rings (SSSR count). The summed E-state index contributed by atoms with van der Waals surface area (Å²) in [5, 5.41) is 7.42. The van der Waals surface area contributed by atoms with Crippen LogP contribution in [0.3, 0.4) is 0 Å². The van der Waals surface area contributed by atoms with Crippen LogP contribution in [0.25, 0.3) is 0 Å². The zero-order chi connectivity index (χ0) is 7.58. The van der Waals surface area contributed by atoms with Gasteiger partial charge in [-0.05, 0) is 0 Å². The van der Waals surface area contributed by atoms with Crippen LogP contribution in [-0.2, 0) is 4.79 Å². The van der Waals surface area contributed by atoms with Crippen LogP contribution < -0.4 is 0 Å². The SMILES string of the molecule is CC(=O)O.[CH]=C.[CH]=C.[NaH]. The minimum atomic E-state index is -0.833. The molecule has 3 heteroatoms. The molecule has 0 spiro atoms. The summed E-state index contributed by atoms with van der Waals surface area (Å²) >= 11 is 0. The van der Waals surface area contributed by atoms with Crippen molar-refractivity contribution >= 4 is 35.5 Å². The molecule has 48 valence electrons. The molecule has 0 amide bonds. The van der Waals surface area contributed by atoms with Crippen molar-refractivity contribution in [3.63, 3.8) is 0 Å². The average Bonchev–Trinajstić information content (AvgIpc) is 1.75. The van der Waals surface area contributed by atoms with E-state index in [0.717, 1.165) is 6.92 Å². The van der Waals surface area contributed by atoms with E-state index in [2.05, 4.69) is 26.3 Å². The summed E-state index contributed by atoms with van der Waals surface area (Å²) in [6.07, 6.45) is 0. The third-order valence-electron chi connectivity index (χ3n) is 0. The van der Waals surface area contributed by atoms with E-state index in [0.29, 0.717) is 0 Å². The van der Waals surface area contributed by atoms with Crippen molar-refractivity contribution in [3.05, 3.63) is 26.3 Å². The Labute approximate surface area is 78.6 Å². The Morgan fingerprint density at radius 3 is 1.33 bits per heavy atom. The van der Waals surface area contributed by atoms with Gasteiger partial charge in [0.1, 0.15) is 0 Å².